The highest BCUT2D eigenvalue weighted by molar-refractivity contribution is 5.95. The molecule has 0 aromatic heterocycles. The van der Waals surface area contributed by atoms with E-state index in [1.165, 1.54) is 6.08 Å². The number of piperidine rings is 1. The number of nitrogens with zero attached hydrogens (tertiary/aromatic N) is 1. The largest absolute Gasteiger partial charge is 0.369 e. The highest BCUT2D eigenvalue weighted by Gasteiger charge is 2.26. The number of rotatable bonds is 5. The molecular formula is C19H23N3O3. The minimum Gasteiger partial charge on any atom is -0.369 e. The Hall–Kier alpha value is -2.63. The standard InChI is InChI=1S/C19H23N3O3/c20-18(24)15-2-1-11-22(12-15)17(23)10-5-13-3-6-14(7-4-13)19(25)21-16-8-9-16/h3-7,10,15-16H,1-2,8-9,11-12H2,(H2,20,24)(H,21,25)/b10-5-/t15-/m0/s1. The van der Waals surface area contributed by atoms with E-state index in [9.17, 15) is 14.4 Å². The van der Waals surface area contributed by atoms with Crippen molar-refractivity contribution >= 4 is 23.8 Å². The number of carbonyl (C=O) groups excluding carboxylic acids is 3. The average molecular weight is 341 g/mol. The Bertz CT molecular complexity index is 692. The van der Waals surface area contributed by atoms with Crippen LogP contribution < -0.4 is 11.1 Å². The summed E-state index contributed by atoms with van der Waals surface area (Å²) in [5.41, 5.74) is 6.81. The van der Waals surface area contributed by atoms with E-state index in [1.807, 2.05) is 12.1 Å². The van der Waals surface area contributed by atoms with E-state index in [-0.39, 0.29) is 23.6 Å². The van der Waals surface area contributed by atoms with Crippen LogP contribution in [0.2, 0.25) is 0 Å². The van der Waals surface area contributed by atoms with E-state index in [0.717, 1.165) is 31.2 Å². The molecule has 132 valence electrons. The van der Waals surface area contributed by atoms with Crippen molar-refractivity contribution in [1.82, 2.24) is 10.2 Å². The van der Waals surface area contributed by atoms with Crippen molar-refractivity contribution in [2.75, 3.05) is 13.1 Å². The molecule has 2 aliphatic rings. The second kappa shape index (κ2) is 7.51. The third-order valence-corrected chi connectivity index (χ3v) is 4.64. The van der Waals surface area contributed by atoms with Gasteiger partial charge < -0.3 is 16.0 Å². The lowest BCUT2D eigenvalue weighted by Gasteiger charge is -2.30. The normalized spacial score (nSPS) is 20.5. The molecule has 1 aliphatic heterocycles. The van der Waals surface area contributed by atoms with E-state index < -0.39 is 0 Å². The fourth-order valence-electron chi connectivity index (χ4n) is 2.92. The summed E-state index contributed by atoms with van der Waals surface area (Å²) in [5, 5.41) is 2.94. The monoisotopic (exact) mass is 341 g/mol. The lowest BCUT2D eigenvalue weighted by molar-refractivity contribution is -0.130. The lowest BCUT2D eigenvalue weighted by Crippen LogP contribution is -2.43. The SMILES string of the molecule is NC(=O)[C@H]1CCCN(C(=O)/C=C\c2ccc(C(=O)NC3CC3)cc2)C1. The second-order valence-corrected chi connectivity index (χ2v) is 6.73. The average Bonchev–Trinajstić information content (AvgIpc) is 3.44. The zero-order chi connectivity index (χ0) is 17.8. The molecule has 1 saturated heterocycles. The predicted octanol–water partition coefficient (Wildman–Crippen LogP) is 1.32. The van der Waals surface area contributed by atoms with Crippen molar-refractivity contribution < 1.29 is 14.4 Å². The van der Waals surface area contributed by atoms with Crippen LogP contribution in [0.5, 0.6) is 0 Å². The molecule has 0 bridgehead atoms. The van der Waals surface area contributed by atoms with Gasteiger partial charge >= 0.3 is 0 Å². The zero-order valence-electron chi connectivity index (χ0n) is 14.1. The minimum absolute atomic E-state index is 0.0556. The van der Waals surface area contributed by atoms with Gasteiger partial charge in [-0.3, -0.25) is 14.4 Å². The third-order valence-electron chi connectivity index (χ3n) is 4.64. The summed E-state index contributed by atoms with van der Waals surface area (Å²) >= 11 is 0. The van der Waals surface area contributed by atoms with Crippen LogP contribution in [0, 0.1) is 5.92 Å². The fourth-order valence-corrected chi connectivity index (χ4v) is 2.92. The Labute approximate surface area is 147 Å². The van der Waals surface area contributed by atoms with Crippen LogP contribution in [-0.4, -0.2) is 41.8 Å². The molecule has 1 heterocycles. The summed E-state index contributed by atoms with van der Waals surface area (Å²) < 4.78 is 0. The lowest BCUT2D eigenvalue weighted by atomic mass is 9.97. The van der Waals surface area contributed by atoms with Crippen LogP contribution in [0.4, 0.5) is 0 Å². The van der Waals surface area contributed by atoms with Crippen LogP contribution in [0.1, 0.15) is 41.6 Å². The maximum absolute atomic E-state index is 12.3. The van der Waals surface area contributed by atoms with E-state index in [1.54, 1.807) is 23.1 Å². The van der Waals surface area contributed by atoms with E-state index in [4.69, 9.17) is 5.73 Å². The molecule has 0 spiro atoms. The molecule has 6 heteroatoms. The van der Waals surface area contributed by atoms with Crippen LogP contribution >= 0.6 is 0 Å². The Kier molecular flexibility index (Phi) is 5.16. The van der Waals surface area contributed by atoms with E-state index >= 15 is 0 Å². The number of likely N-dealkylation sites (tertiary alicyclic amines) is 1. The molecule has 2 fully saturated rings. The minimum atomic E-state index is -0.346. The highest BCUT2D eigenvalue weighted by atomic mass is 16.2. The van der Waals surface area contributed by atoms with Gasteiger partial charge in [0, 0.05) is 30.8 Å². The molecule has 1 aliphatic carbocycles. The topological polar surface area (TPSA) is 92.5 Å². The van der Waals surface area contributed by atoms with E-state index in [0.29, 0.717) is 24.7 Å². The second-order valence-electron chi connectivity index (χ2n) is 6.73. The number of primary amides is 1. The number of hydrogen-bond acceptors (Lipinski definition) is 3. The van der Waals surface area contributed by atoms with Crippen LogP contribution in [0.25, 0.3) is 6.08 Å². The molecule has 1 aromatic carbocycles. The molecule has 0 unspecified atom stereocenters. The van der Waals surface area contributed by atoms with Gasteiger partial charge in [0.05, 0.1) is 5.92 Å². The fraction of sp³-hybridized carbons (Fsp3) is 0.421. The van der Waals surface area contributed by atoms with Crippen molar-refractivity contribution in [3.63, 3.8) is 0 Å². The molecule has 1 aromatic rings. The van der Waals surface area contributed by atoms with Gasteiger partial charge in [-0.25, -0.2) is 0 Å². The predicted molar refractivity (Wildman–Crippen MR) is 94.5 cm³/mol. The first-order chi connectivity index (χ1) is 12.0. The third kappa shape index (κ3) is 4.68. The quantitative estimate of drug-likeness (QED) is 0.791. The first kappa shape index (κ1) is 17.2. The molecule has 25 heavy (non-hydrogen) atoms. The number of carbonyl (C=O) groups is 3. The van der Waals surface area contributed by atoms with Crippen LogP contribution in [0.3, 0.4) is 0 Å². The molecule has 3 rings (SSSR count). The van der Waals surface area contributed by atoms with Gasteiger partial charge in [-0.2, -0.15) is 0 Å². The summed E-state index contributed by atoms with van der Waals surface area (Å²) in [7, 11) is 0. The number of nitrogens with two attached hydrogens (primary N) is 1. The van der Waals surface area contributed by atoms with Crippen molar-refractivity contribution in [1.29, 1.82) is 0 Å². The molecular weight excluding hydrogens is 318 g/mol. The van der Waals surface area contributed by atoms with Gasteiger partial charge in [-0.15, -0.1) is 0 Å². The molecule has 1 atom stereocenters. The van der Waals surface area contributed by atoms with Gasteiger partial charge in [0.25, 0.3) is 5.91 Å². The summed E-state index contributed by atoms with van der Waals surface area (Å²) in [6.07, 6.45) is 6.87. The van der Waals surface area contributed by atoms with Crippen molar-refractivity contribution in [2.24, 2.45) is 11.7 Å². The molecule has 6 nitrogen and oxygen atoms in total. The molecule has 0 radical (unpaired) electrons. The van der Waals surface area contributed by atoms with Crippen molar-refractivity contribution in [3.8, 4) is 0 Å². The van der Waals surface area contributed by atoms with Crippen molar-refractivity contribution in [3.05, 3.63) is 41.5 Å². The Morgan fingerprint density at radius 2 is 1.84 bits per heavy atom. The molecule has 3 amide bonds. The Balaban J connectivity index is 1.56. The maximum atomic E-state index is 12.3. The highest BCUT2D eigenvalue weighted by Crippen LogP contribution is 2.19. The van der Waals surface area contributed by atoms with Gasteiger partial charge in [-0.05, 0) is 49.5 Å². The first-order valence-electron chi connectivity index (χ1n) is 8.70. The van der Waals surface area contributed by atoms with Gasteiger partial charge in [0.2, 0.25) is 11.8 Å². The number of amides is 3. The molecule has 1 saturated carbocycles. The maximum Gasteiger partial charge on any atom is 0.251 e. The van der Waals surface area contributed by atoms with Crippen LogP contribution in [0.15, 0.2) is 30.3 Å². The van der Waals surface area contributed by atoms with Crippen LogP contribution in [-0.2, 0) is 9.59 Å². The number of benzene rings is 1. The Morgan fingerprint density at radius 1 is 1.12 bits per heavy atom. The number of nitrogens with one attached hydrogen (secondary N) is 1. The van der Waals surface area contributed by atoms with Gasteiger partial charge in [-0.1, -0.05) is 12.1 Å². The molecule has 3 N–H and O–H groups in total. The van der Waals surface area contributed by atoms with Gasteiger partial charge in [0.15, 0.2) is 0 Å². The smallest absolute Gasteiger partial charge is 0.251 e. The summed E-state index contributed by atoms with van der Waals surface area (Å²) in [6, 6.07) is 7.47. The van der Waals surface area contributed by atoms with Crippen molar-refractivity contribution in [2.45, 2.75) is 31.7 Å². The van der Waals surface area contributed by atoms with E-state index in [2.05, 4.69) is 5.32 Å². The summed E-state index contributed by atoms with van der Waals surface area (Å²) in [6.45, 7) is 1.03. The number of hydrogen-bond donors (Lipinski definition) is 2. The first-order valence-corrected chi connectivity index (χ1v) is 8.70. The van der Waals surface area contributed by atoms with Gasteiger partial charge in [0.1, 0.15) is 0 Å². The summed E-state index contributed by atoms with van der Waals surface area (Å²) in [4.78, 5) is 37.2. The zero-order valence-corrected chi connectivity index (χ0v) is 14.1. The summed E-state index contributed by atoms with van der Waals surface area (Å²) in [5.74, 6) is -0.779. The Morgan fingerprint density at radius 3 is 2.48 bits per heavy atom.